The van der Waals surface area contributed by atoms with E-state index in [0.29, 0.717) is 41.8 Å². The lowest BCUT2D eigenvalue weighted by atomic mass is 10.1. The second kappa shape index (κ2) is 7.97. The van der Waals surface area contributed by atoms with Gasteiger partial charge in [0.05, 0.1) is 26.8 Å². The third kappa shape index (κ3) is 4.00. The summed E-state index contributed by atoms with van der Waals surface area (Å²) in [6.45, 7) is 1.16. The van der Waals surface area contributed by atoms with Crippen molar-refractivity contribution >= 4 is 11.6 Å². The van der Waals surface area contributed by atoms with Gasteiger partial charge in [-0.15, -0.1) is 0 Å². The molecule has 0 saturated carbocycles. The first-order valence-electron chi connectivity index (χ1n) is 8.31. The molecule has 2 N–H and O–H groups in total. The zero-order chi connectivity index (χ0) is 18.5. The summed E-state index contributed by atoms with van der Waals surface area (Å²) in [6, 6.07) is 11.1. The number of likely N-dealkylation sites (N-methyl/N-ethyl adjacent to an activating group) is 1. The molecule has 1 atom stereocenters. The molecule has 138 valence electrons. The van der Waals surface area contributed by atoms with Gasteiger partial charge in [0.1, 0.15) is 6.54 Å². The molecule has 3 rings (SSSR count). The van der Waals surface area contributed by atoms with Crippen molar-refractivity contribution < 1.29 is 28.6 Å². The lowest BCUT2D eigenvalue weighted by molar-refractivity contribution is -0.885. The van der Waals surface area contributed by atoms with Crippen LogP contribution in [0.25, 0.3) is 0 Å². The Bertz CT molecular complexity index is 793. The van der Waals surface area contributed by atoms with Crippen LogP contribution < -0.4 is 29.2 Å². The highest BCUT2D eigenvalue weighted by atomic mass is 16.7. The van der Waals surface area contributed by atoms with Gasteiger partial charge in [0.25, 0.3) is 5.91 Å². The Morgan fingerprint density at radius 2 is 1.96 bits per heavy atom. The largest absolute Gasteiger partial charge is 0.493 e. The Labute approximate surface area is 152 Å². The molecular formula is C19H23N2O5+. The Morgan fingerprint density at radius 1 is 1.15 bits per heavy atom. The highest BCUT2D eigenvalue weighted by Crippen LogP contribution is 2.34. The molecule has 1 unspecified atom stereocenters. The summed E-state index contributed by atoms with van der Waals surface area (Å²) in [5.74, 6) is 2.64. The van der Waals surface area contributed by atoms with Crippen molar-refractivity contribution in [1.29, 1.82) is 0 Å². The number of quaternary nitrogens is 1. The standard InChI is InChI=1S/C19H22N2O5/c1-21(10-13-5-4-6-16(23-2)19(13)24-3)11-18(22)20-14-7-8-15-17(9-14)26-12-25-15/h4-9H,10-12H2,1-3H3,(H,20,22)/p+1. The van der Waals surface area contributed by atoms with E-state index in [2.05, 4.69) is 5.32 Å². The number of hydrogen-bond acceptors (Lipinski definition) is 5. The van der Waals surface area contributed by atoms with Crippen molar-refractivity contribution in [3.8, 4) is 23.0 Å². The topological polar surface area (TPSA) is 70.5 Å². The Kier molecular flexibility index (Phi) is 5.48. The van der Waals surface area contributed by atoms with E-state index >= 15 is 0 Å². The molecule has 1 aliphatic rings. The van der Waals surface area contributed by atoms with Gasteiger partial charge in [0, 0.05) is 11.8 Å². The van der Waals surface area contributed by atoms with Crippen molar-refractivity contribution in [2.24, 2.45) is 0 Å². The number of carbonyl (C=O) groups excluding carboxylic acids is 1. The van der Waals surface area contributed by atoms with E-state index in [4.69, 9.17) is 18.9 Å². The highest BCUT2D eigenvalue weighted by Gasteiger charge is 2.18. The summed E-state index contributed by atoms with van der Waals surface area (Å²) in [4.78, 5) is 13.4. The molecule has 2 aromatic carbocycles. The second-order valence-corrected chi connectivity index (χ2v) is 6.08. The number of anilines is 1. The maximum absolute atomic E-state index is 12.3. The van der Waals surface area contributed by atoms with E-state index in [9.17, 15) is 4.79 Å². The number of ether oxygens (including phenoxy) is 4. The summed E-state index contributed by atoms with van der Waals surface area (Å²) in [5, 5.41) is 2.89. The van der Waals surface area contributed by atoms with Crippen LogP contribution in [0.4, 0.5) is 5.69 Å². The number of benzene rings is 2. The molecular weight excluding hydrogens is 336 g/mol. The molecule has 7 nitrogen and oxygen atoms in total. The van der Waals surface area contributed by atoms with Crippen molar-refractivity contribution in [2.75, 3.05) is 39.9 Å². The number of amides is 1. The van der Waals surface area contributed by atoms with Gasteiger partial charge < -0.3 is 29.2 Å². The minimum absolute atomic E-state index is 0.0803. The molecule has 0 aliphatic carbocycles. The van der Waals surface area contributed by atoms with Crippen molar-refractivity contribution in [3.05, 3.63) is 42.0 Å². The number of fused-ring (bicyclic) bond motifs is 1. The minimum atomic E-state index is -0.0803. The average Bonchev–Trinajstić information content (AvgIpc) is 3.08. The van der Waals surface area contributed by atoms with E-state index in [1.54, 1.807) is 32.4 Å². The molecule has 0 bridgehead atoms. The molecule has 1 heterocycles. The molecule has 1 aliphatic heterocycles. The normalized spacial score (nSPS) is 13.2. The number of para-hydroxylation sites is 1. The van der Waals surface area contributed by atoms with Gasteiger partial charge in [-0.2, -0.15) is 0 Å². The molecule has 0 aromatic heterocycles. The zero-order valence-electron chi connectivity index (χ0n) is 15.1. The maximum Gasteiger partial charge on any atom is 0.279 e. The van der Waals surface area contributed by atoms with Crippen molar-refractivity contribution in [2.45, 2.75) is 6.54 Å². The molecule has 0 spiro atoms. The zero-order valence-corrected chi connectivity index (χ0v) is 15.1. The van der Waals surface area contributed by atoms with E-state index in [1.165, 1.54) is 0 Å². The Morgan fingerprint density at radius 3 is 2.73 bits per heavy atom. The fraction of sp³-hybridized carbons (Fsp3) is 0.316. The lowest BCUT2D eigenvalue weighted by Crippen LogP contribution is -3.08. The summed E-state index contributed by atoms with van der Waals surface area (Å²) in [7, 11) is 5.18. The fourth-order valence-electron chi connectivity index (χ4n) is 2.93. The molecule has 0 saturated heterocycles. The highest BCUT2D eigenvalue weighted by molar-refractivity contribution is 5.91. The van der Waals surface area contributed by atoms with E-state index in [0.717, 1.165) is 10.5 Å². The van der Waals surface area contributed by atoms with Crippen LogP contribution in [0.3, 0.4) is 0 Å². The maximum atomic E-state index is 12.3. The molecule has 7 heteroatoms. The number of hydrogen-bond donors (Lipinski definition) is 2. The first-order valence-corrected chi connectivity index (χ1v) is 8.31. The van der Waals surface area contributed by atoms with E-state index in [1.807, 2.05) is 25.2 Å². The summed E-state index contributed by atoms with van der Waals surface area (Å²) in [5.41, 5.74) is 1.67. The average molecular weight is 359 g/mol. The van der Waals surface area contributed by atoms with Gasteiger partial charge in [0.2, 0.25) is 6.79 Å². The van der Waals surface area contributed by atoms with Gasteiger partial charge >= 0.3 is 0 Å². The number of nitrogens with one attached hydrogen (secondary N) is 2. The van der Waals surface area contributed by atoms with Crippen LogP contribution in [0.2, 0.25) is 0 Å². The van der Waals surface area contributed by atoms with Gasteiger partial charge in [-0.25, -0.2) is 0 Å². The van der Waals surface area contributed by atoms with Gasteiger partial charge in [-0.3, -0.25) is 4.79 Å². The van der Waals surface area contributed by atoms with E-state index in [-0.39, 0.29) is 12.7 Å². The first kappa shape index (κ1) is 17.9. The lowest BCUT2D eigenvalue weighted by Gasteiger charge is -2.17. The number of carbonyl (C=O) groups is 1. The first-order chi connectivity index (χ1) is 12.6. The Hall–Kier alpha value is -2.93. The molecule has 0 radical (unpaired) electrons. The minimum Gasteiger partial charge on any atom is -0.493 e. The van der Waals surface area contributed by atoms with Gasteiger partial charge in [-0.1, -0.05) is 6.07 Å². The number of rotatable bonds is 7. The monoisotopic (exact) mass is 359 g/mol. The van der Waals surface area contributed by atoms with Crippen LogP contribution in [0.5, 0.6) is 23.0 Å². The molecule has 1 amide bonds. The number of methoxy groups -OCH3 is 2. The quantitative estimate of drug-likeness (QED) is 0.774. The van der Waals surface area contributed by atoms with Crippen LogP contribution in [0, 0.1) is 0 Å². The summed E-state index contributed by atoms with van der Waals surface area (Å²) >= 11 is 0. The van der Waals surface area contributed by atoms with Crippen LogP contribution >= 0.6 is 0 Å². The molecule has 2 aromatic rings. The molecule has 26 heavy (non-hydrogen) atoms. The third-order valence-electron chi connectivity index (χ3n) is 4.10. The second-order valence-electron chi connectivity index (χ2n) is 6.08. The summed E-state index contributed by atoms with van der Waals surface area (Å²) < 4.78 is 21.4. The van der Waals surface area contributed by atoms with Gasteiger partial charge in [-0.05, 0) is 24.3 Å². The third-order valence-corrected chi connectivity index (χ3v) is 4.10. The fourth-order valence-corrected chi connectivity index (χ4v) is 2.93. The van der Waals surface area contributed by atoms with Crippen molar-refractivity contribution in [1.82, 2.24) is 0 Å². The SMILES string of the molecule is COc1cccc(C[NH+](C)CC(=O)Nc2ccc3c(c2)OCO3)c1OC. The predicted octanol–water partition coefficient (Wildman–Crippen LogP) is 1.09. The van der Waals surface area contributed by atoms with Crippen LogP contribution in [0.15, 0.2) is 36.4 Å². The van der Waals surface area contributed by atoms with Crippen LogP contribution in [-0.2, 0) is 11.3 Å². The smallest absolute Gasteiger partial charge is 0.279 e. The summed E-state index contributed by atoms with van der Waals surface area (Å²) in [6.07, 6.45) is 0. The Balaban J connectivity index is 1.59. The van der Waals surface area contributed by atoms with Crippen LogP contribution in [0.1, 0.15) is 5.56 Å². The molecule has 0 fully saturated rings. The van der Waals surface area contributed by atoms with Gasteiger partial charge in [0.15, 0.2) is 29.5 Å². The van der Waals surface area contributed by atoms with E-state index < -0.39 is 0 Å². The van der Waals surface area contributed by atoms with Crippen molar-refractivity contribution in [3.63, 3.8) is 0 Å². The van der Waals surface area contributed by atoms with Crippen LogP contribution in [-0.4, -0.2) is 40.5 Å². The predicted molar refractivity (Wildman–Crippen MR) is 96.2 cm³/mol.